The molecule has 0 atom stereocenters. The minimum absolute atomic E-state index is 0.0325. The van der Waals surface area contributed by atoms with Gasteiger partial charge in [-0.1, -0.05) is 0 Å². The summed E-state index contributed by atoms with van der Waals surface area (Å²) in [6, 6.07) is 8.73. The number of fused-ring (bicyclic) bond motifs is 2. The van der Waals surface area contributed by atoms with Crippen molar-refractivity contribution in [2.75, 3.05) is 36.0 Å². The Labute approximate surface area is 181 Å². The van der Waals surface area contributed by atoms with Gasteiger partial charge in [-0.25, -0.2) is 4.98 Å². The van der Waals surface area contributed by atoms with E-state index in [9.17, 15) is 14.0 Å². The zero-order valence-electron chi connectivity index (χ0n) is 17.1. The summed E-state index contributed by atoms with van der Waals surface area (Å²) in [5, 5.41) is 14.6. The molecule has 0 spiro atoms. The lowest BCUT2D eigenvalue weighted by atomic mass is 10.1. The van der Waals surface area contributed by atoms with Gasteiger partial charge in [0.2, 0.25) is 0 Å². The van der Waals surface area contributed by atoms with Crippen LogP contribution < -0.4 is 14.5 Å². The average Bonchev–Trinajstić information content (AvgIpc) is 3.26. The SMILES string of the molecule is Cc1cc(N2CCN(c3c(C#N)cnc4ccc(OC(F)F)cc34)CC2)n2ncnc2n1. The van der Waals surface area contributed by atoms with Crippen molar-refractivity contribution in [3.8, 4) is 11.8 Å². The van der Waals surface area contributed by atoms with Crippen LogP contribution in [0.3, 0.4) is 0 Å². The standard InChI is InChI=1S/C21H18F2N8O/c1-13-8-18(31-21(28-13)26-12-27-31)29-4-6-30(7-5-29)19-14(10-24)11-25-17-3-2-15(9-16(17)19)32-20(22)23/h2-3,8-9,11-12,20H,4-7H2,1H3. The van der Waals surface area contributed by atoms with Crippen molar-refractivity contribution in [3.05, 3.63) is 48.0 Å². The predicted molar refractivity (Wildman–Crippen MR) is 113 cm³/mol. The third kappa shape index (κ3) is 3.49. The molecule has 3 aromatic heterocycles. The van der Waals surface area contributed by atoms with E-state index in [4.69, 9.17) is 0 Å². The molecule has 1 aliphatic rings. The third-order valence-corrected chi connectivity index (χ3v) is 5.44. The molecule has 11 heteroatoms. The van der Waals surface area contributed by atoms with Crippen LogP contribution in [0.25, 0.3) is 16.7 Å². The number of rotatable bonds is 4. The van der Waals surface area contributed by atoms with E-state index in [0.717, 1.165) is 11.5 Å². The van der Waals surface area contributed by atoms with Crippen LogP contribution >= 0.6 is 0 Å². The van der Waals surface area contributed by atoms with Crippen LogP contribution in [0.2, 0.25) is 0 Å². The Hall–Kier alpha value is -4.07. The maximum absolute atomic E-state index is 12.7. The molecule has 0 N–H and O–H groups in total. The lowest BCUT2D eigenvalue weighted by molar-refractivity contribution is -0.0497. The fourth-order valence-electron chi connectivity index (χ4n) is 4.05. The first-order chi connectivity index (χ1) is 15.5. The molecule has 0 unspecified atom stereocenters. The summed E-state index contributed by atoms with van der Waals surface area (Å²) in [6.45, 7) is 1.55. The molecule has 4 aromatic rings. The highest BCUT2D eigenvalue weighted by atomic mass is 19.3. The average molecular weight is 436 g/mol. The molecule has 1 aliphatic heterocycles. The minimum atomic E-state index is -2.93. The zero-order valence-corrected chi connectivity index (χ0v) is 17.1. The number of benzene rings is 1. The molecule has 0 bridgehead atoms. The highest BCUT2D eigenvalue weighted by molar-refractivity contribution is 5.95. The Kier molecular flexibility index (Phi) is 4.89. The van der Waals surface area contributed by atoms with E-state index < -0.39 is 6.61 Å². The highest BCUT2D eigenvalue weighted by Crippen LogP contribution is 2.33. The molecule has 0 saturated carbocycles. The van der Waals surface area contributed by atoms with Crippen LogP contribution in [0.1, 0.15) is 11.3 Å². The smallest absolute Gasteiger partial charge is 0.387 e. The molecule has 5 rings (SSSR count). The van der Waals surface area contributed by atoms with E-state index in [2.05, 4.69) is 40.7 Å². The van der Waals surface area contributed by atoms with Crippen molar-refractivity contribution < 1.29 is 13.5 Å². The van der Waals surface area contributed by atoms with Crippen LogP contribution in [0.5, 0.6) is 5.75 Å². The molecular weight excluding hydrogens is 418 g/mol. The van der Waals surface area contributed by atoms with Gasteiger partial charge in [-0.2, -0.15) is 28.6 Å². The molecular formula is C21H18F2N8O. The number of nitrogens with zero attached hydrogens (tertiary/aromatic N) is 8. The molecule has 1 aromatic carbocycles. The van der Waals surface area contributed by atoms with Crippen LogP contribution in [0.15, 0.2) is 36.8 Å². The van der Waals surface area contributed by atoms with Gasteiger partial charge in [-0.3, -0.25) is 4.98 Å². The fourth-order valence-corrected chi connectivity index (χ4v) is 4.05. The first kappa shape index (κ1) is 19.9. The number of pyridine rings is 1. The van der Waals surface area contributed by atoms with Gasteiger partial charge in [-0.05, 0) is 25.1 Å². The number of anilines is 2. The largest absolute Gasteiger partial charge is 0.435 e. The van der Waals surface area contributed by atoms with Crippen molar-refractivity contribution in [1.29, 1.82) is 5.26 Å². The quantitative estimate of drug-likeness (QED) is 0.482. The number of halogens is 2. The maximum atomic E-state index is 12.7. The summed E-state index contributed by atoms with van der Waals surface area (Å²) in [7, 11) is 0. The Morgan fingerprint density at radius 2 is 1.88 bits per heavy atom. The second kappa shape index (κ2) is 7.88. The monoisotopic (exact) mass is 436 g/mol. The van der Waals surface area contributed by atoms with Crippen LogP contribution in [0, 0.1) is 18.3 Å². The Morgan fingerprint density at radius 1 is 1.09 bits per heavy atom. The molecule has 1 fully saturated rings. The van der Waals surface area contributed by atoms with Crippen molar-refractivity contribution >= 4 is 28.2 Å². The zero-order chi connectivity index (χ0) is 22.2. The summed E-state index contributed by atoms with van der Waals surface area (Å²) in [5.41, 5.74) is 2.52. The number of hydrogen-bond acceptors (Lipinski definition) is 8. The summed E-state index contributed by atoms with van der Waals surface area (Å²) < 4.78 is 31.7. The predicted octanol–water partition coefficient (Wildman–Crippen LogP) is 2.78. The van der Waals surface area contributed by atoms with Crippen molar-refractivity contribution in [2.45, 2.75) is 13.5 Å². The first-order valence-electron chi connectivity index (χ1n) is 9.98. The molecule has 1 saturated heterocycles. The molecule has 0 radical (unpaired) electrons. The van der Waals surface area contributed by atoms with E-state index in [1.165, 1.54) is 24.7 Å². The molecule has 4 heterocycles. The Morgan fingerprint density at radius 3 is 2.62 bits per heavy atom. The Balaban J connectivity index is 1.48. The van der Waals surface area contributed by atoms with Crippen molar-refractivity contribution in [2.24, 2.45) is 0 Å². The fraction of sp³-hybridized carbons (Fsp3) is 0.286. The van der Waals surface area contributed by atoms with Crippen LogP contribution in [-0.4, -0.2) is 57.4 Å². The van der Waals surface area contributed by atoms with Crippen LogP contribution in [-0.2, 0) is 0 Å². The lowest BCUT2D eigenvalue weighted by Crippen LogP contribution is -2.47. The van der Waals surface area contributed by atoms with Gasteiger partial charge in [0.25, 0.3) is 5.78 Å². The van der Waals surface area contributed by atoms with Crippen molar-refractivity contribution in [3.63, 3.8) is 0 Å². The molecule has 0 amide bonds. The number of ether oxygens (including phenoxy) is 1. The lowest BCUT2D eigenvalue weighted by Gasteiger charge is -2.37. The van der Waals surface area contributed by atoms with E-state index in [1.807, 2.05) is 13.0 Å². The number of aromatic nitrogens is 5. The van der Waals surface area contributed by atoms with Gasteiger partial charge in [0.1, 0.15) is 24.0 Å². The second-order valence-electron chi connectivity index (χ2n) is 7.39. The number of hydrogen-bond donors (Lipinski definition) is 0. The molecule has 32 heavy (non-hydrogen) atoms. The number of aryl methyl sites for hydroxylation is 1. The molecule has 9 nitrogen and oxygen atoms in total. The number of nitriles is 1. The van der Waals surface area contributed by atoms with E-state index >= 15 is 0 Å². The van der Waals surface area contributed by atoms with Gasteiger partial charge in [0, 0.05) is 49.5 Å². The van der Waals surface area contributed by atoms with Crippen LogP contribution in [0.4, 0.5) is 20.3 Å². The maximum Gasteiger partial charge on any atom is 0.387 e. The molecule has 162 valence electrons. The second-order valence-corrected chi connectivity index (χ2v) is 7.39. The minimum Gasteiger partial charge on any atom is -0.435 e. The topological polar surface area (TPSA) is 95.5 Å². The summed E-state index contributed by atoms with van der Waals surface area (Å²) in [6.07, 6.45) is 2.99. The third-order valence-electron chi connectivity index (χ3n) is 5.44. The van der Waals surface area contributed by atoms with Gasteiger partial charge in [0.15, 0.2) is 0 Å². The van der Waals surface area contributed by atoms with E-state index in [0.29, 0.717) is 54.1 Å². The van der Waals surface area contributed by atoms with Gasteiger partial charge < -0.3 is 14.5 Å². The van der Waals surface area contributed by atoms with Gasteiger partial charge in [0.05, 0.1) is 16.8 Å². The summed E-state index contributed by atoms with van der Waals surface area (Å²) in [5.74, 6) is 1.48. The Bertz CT molecular complexity index is 1340. The highest BCUT2D eigenvalue weighted by Gasteiger charge is 2.24. The normalized spacial score (nSPS) is 14.3. The molecule has 0 aliphatic carbocycles. The van der Waals surface area contributed by atoms with Gasteiger partial charge >= 0.3 is 6.61 Å². The van der Waals surface area contributed by atoms with E-state index in [-0.39, 0.29) is 5.75 Å². The summed E-state index contributed by atoms with van der Waals surface area (Å²) in [4.78, 5) is 17.1. The van der Waals surface area contributed by atoms with E-state index in [1.54, 1.807) is 10.6 Å². The number of alkyl halides is 2. The van der Waals surface area contributed by atoms with Crippen molar-refractivity contribution in [1.82, 2.24) is 24.6 Å². The summed E-state index contributed by atoms with van der Waals surface area (Å²) >= 11 is 0. The number of piperazine rings is 1. The van der Waals surface area contributed by atoms with Gasteiger partial charge in [-0.15, -0.1) is 0 Å². The first-order valence-corrected chi connectivity index (χ1v) is 9.98.